The van der Waals surface area contributed by atoms with Gasteiger partial charge in [-0.25, -0.2) is 0 Å². The molecular formula is C14H29NO2. The number of ether oxygens (including phenoxy) is 1. The molecule has 0 bridgehead atoms. The molecule has 0 aromatic carbocycles. The van der Waals surface area contributed by atoms with Crippen LogP contribution in [-0.4, -0.2) is 37.6 Å². The highest BCUT2D eigenvalue weighted by atomic mass is 16.5. The summed E-state index contributed by atoms with van der Waals surface area (Å²) in [7, 11) is 1.84. The number of likely N-dealkylation sites (N-methyl/N-ethyl adjacent to an activating group) is 1. The van der Waals surface area contributed by atoms with Crippen LogP contribution in [0.2, 0.25) is 0 Å². The van der Waals surface area contributed by atoms with E-state index in [9.17, 15) is 4.79 Å². The molecule has 0 unspecified atom stereocenters. The number of amides is 1. The third-order valence-corrected chi connectivity index (χ3v) is 2.76. The van der Waals surface area contributed by atoms with Gasteiger partial charge >= 0.3 is 0 Å². The van der Waals surface area contributed by atoms with E-state index in [4.69, 9.17) is 4.74 Å². The number of carbonyl (C=O) groups excluding carboxylic acids is 1. The summed E-state index contributed by atoms with van der Waals surface area (Å²) in [5, 5.41) is 0. The molecule has 17 heavy (non-hydrogen) atoms. The van der Waals surface area contributed by atoms with Crippen LogP contribution < -0.4 is 0 Å². The average Bonchev–Trinajstić information content (AvgIpc) is 2.25. The Bertz CT molecular complexity index is 202. The molecule has 0 fully saturated rings. The molecule has 0 saturated heterocycles. The van der Waals surface area contributed by atoms with E-state index in [1.165, 1.54) is 12.8 Å². The van der Waals surface area contributed by atoms with Crippen molar-refractivity contribution in [3.8, 4) is 0 Å². The predicted molar refractivity (Wildman–Crippen MR) is 72.0 cm³/mol. The Morgan fingerprint density at radius 2 is 1.76 bits per heavy atom. The second kappa shape index (κ2) is 9.46. The van der Waals surface area contributed by atoms with E-state index in [1.807, 2.05) is 20.9 Å². The van der Waals surface area contributed by atoms with Gasteiger partial charge < -0.3 is 9.64 Å². The smallest absolute Gasteiger partial charge is 0.224 e. The lowest BCUT2D eigenvalue weighted by Crippen LogP contribution is -2.33. The zero-order valence-corrected chi connectivity index (χ0v) is 12.2. The monoisotopic (exact) mass is 243 g/mol. The van der Waals surface area contributed by atoms with Gasteiger partial charge in [-0.1, -0.05) is 40.5 Å². The number of unbranched alkanes of at least 4 members (excludes halogenated alkanes) is 1. The molecule has 0 aliphatic heterocycles. The van der Waals surface area contributed by atoms with Gasteiger partial charge in [0.05, 0.1) is 6.61 Å². The molecule has 1 amide bonds. The summed E-state index contributed by atoms with van der Waals surface area (Å²) in [5.41, 5.74) is 0. The minimum atomic E-state index is 0.0750. The second-order valence-electron chi connectivity index (χ2n) is 5.42. The molecule has 0 rings (SSSR count). The van der Waals surface area contributed by atoms with Gasteiger partial charge in [-0.15, -0.1) is 0 Å². The van der Waals surface area contributed by atoms with Gasteiger partial charge in [-0.3, -0.25) is 4.79 Å². The highest BCUT2D eigenvalue weighted by molar-refractivity contribution is 5.77. The van der Waals surface area contributed by atoms with Gasteiger partial charge in [0.25, 0.3) is 0 Å². The van der Waals surface area contributed by atoms with Gasteiger partial charge in [0.2, 0.25) is 5.91 Å². The van der Waals surface area contributed by atoms with Crippen molar-refractivity contribution < 1.29 is 9.53 Å². The van der Waals surface area contributed by atoms with Crippen molar-refractivity contribution in [2.75, 3.05) is 26.8 Å². The molecule has 0 saturated carbocycles. The number of hydrogen-bond acceptors (Lipinski definition) is 2. The molecular weight excluding hydrogens is 214 g/mol. The van der Waals surface area contributed by atoms with Gasteiger partial charge in [0.15, 0.2) is 0 Å². The quantitative estimate of drug-likeness (QED) is 0.583. The van der Waals surface area contributed by atoms with Crippen molar-refractivity contribution in [1.29, 1.82) is 0 Å². The fraction of sp³-hybridized carbons (Fsp3) is 0.929. The SMILES string of the molecule is CC(C)CCCCOCCN(C)C(=O)C(C)C. The lowest BCUT2D eigenvalue weighted by atomic mass is 10.1. The molecule has 0 N–H and O–H groups in total. The minimum Gasteiger partial charge on any atom is -0.380 e. The van der Waals surface area contributed by atoms with Gasteiger partial charge in [-0.2, -0.15) is 0 Å². The van der Waals surface area contributed by atoms with Crippen molar-refractivity contribution in [3.05, 3.63) is 0 Å². The van der Waals surface area contributed by atoms with Crippen LogP contribution in [-0.2, 0) is 9.53 Å². The van der Waals surface area contributed by atoms with Crippen LogP contribution >= 0.6 is 0 Å². The van der Waals surface area contributed by atoms with E-state index < -0.39 is 0 Å². The van der Waals surface area contributed by atoms with Gasteiger partial charge in [0, 0.05) is 26.1 Å². The van der Waals surface area contributed by atoms with E-state index in [2.05, 4.69) is 13.8 Å². The fourth-order valence-corrected chi connectivity index (χ4v) is 1.61. The Hall–Kier alpha value is -0.570. The van der Waals surface area contributed by atoms with Crippen LogP contribution in [0.4, 0.5) is 0 Å². The first-order chi connectivity index (χ1) is 7.95. The average molecular weight is 243 g/mol. The van der Waals surface area contributed by atoms with Crippen molar-refractivity contribution in [2.24, 2.45) is 11.8 Å². The normalized spacial score (nSPS) is 11.2. The highest BCUT2D eigenvalue weighted by Gasteiger charge is 2.11. The highest BCUT2D eigenvalue weighted by Crippen LogP contribution is 2.06. The van der Waals surface area contributed by atoms with E-state index in [-0.39, 0.29) is 11.8 Å². The Morgan fingerprint density at radius 3 is 2.29 bits per heavy atom. The standard InChI is InChI=1S/C14H29NO2/c1-12(2)8-6-7-10-17-11-9-15(5)14(16)13(3)4/h12-13H,6-11H2,1-5H3. The van der Waals surface area contributed by atoms with Crippen molar-refractivity contribution in [2.45, 2.75) is 47.0 Å². The van der Waals surface area contributed by atoms with Crippen LogP contribution in [0, 0.1) is 11.8 Å². The van der Waals surface area contributed by atoms with Crippen LogP contribution in [0.5, 0.6) is 0 Å². The Kier molecular flexibility index (Phi) is 9.14. The Balaban J connectivity index is 3.36. The zero-order valence-electron chi connectivity index (χ0n) is 12.2. The number of hydrogen-bond donors (Lipinski definition) is 0. The van der Waals surface area contributed by atoms with Crippen molar-refractivity contribution >= 4 is 5.91 Å². The molecule has 3 nitrogen and oxygen atoms in total. The third-order valence-electron chi connectivity index (χ3n) is 2.76. The third kappa shape index (κ3) is 9.16. The summed E-state index contributed by atoms with van der Waals surface area (Å²) in [6, 6.07) is 0. The van der Waals surface area contributed by atoms with Crippen molar-refractivity contribution in [3.63, 3.8) is 0 Å². The Morgan fingerprint density at radius 1 is 1.12 bits per heavy atom. The number of carbonyl (C=O) groups is 1. The number of rotatable bonds is 9. The van der Waals surface area contributed by atoms with E-state index in [1.54, 1.807) is 4.90 Å². The summed E-state index contributed by atoms with van der Waals surface area (Å²) in [5.74, 6) is 1.05. The summed E-state index contributed by atoms with van der Waals surface area (Å²) in [4.78, 5) is 13.3. The zero-order chi connectivity index (χ0) is 13.3. The Labute approximate surface area is 107 Å². The lowest BCUT2D eigenvalue weighted by molar-refractivity contribution is -0.133. The first kappa shape index (κ1) is 16.4. The van der Waals surface area contributed by atoms with Crippen LogP contribution in [0.15, 0.2) is 0 Å². The maximum Gasteiger partial charge on any atom is 0.224 e. The molecule has 0 heterocycles. The van der Waals surface area contributed by atoms with Crippen molar-refractivity contribution in [1.82, 2.24) is 4.90 Å². The molecule has 0 atom stereocenters. The molecule has 0 spiro atoms. The second-order valence-corrected chi connectivity index (χ2v) is 5.42. The van der Waals surface area contributed by atoms with E-state index in [0.717, 1.165) is 18.9 Å². The van der Waals surface area contributed by atoms with Crippen LogP contribution in [0.3, 0.4) is 0 Å². The molecule has 3 heteroatoms. The molecule has 0 radical (unpaired) electrons. The summed E-state index contributed by atoms with van der Waals surface area (Å²) < 4.78 is 5.52. The number of nitrogens with zero attached hydrogens (tertiary/aromatic N) is 1. The topological polar surface area (TPSA) is 29.5 Å². The van der Waals surface area contributed by atoms with Crippen LogP contribution in [0.1, 0.15) is 47.0 Å². The summed E-state index contributed by atoms with van der Waals surface area (Å²) in [6.07, 6.45) is 3.63. The molecule has 102 valence electrons. The predicted octanol–water partition coefficient (Wildman–Crippen LogP) is 2.94. The fourth-order valence-electron chi connectivity index (χ4n) is 1.61. The maximum atomic E-state index is 11.6. The van der Waals surface area contributed by atoms with Gasteiger partial charge in [0.1, 0.15) is 0 Å². The summed E-state index contributed by atoms with van der Waals surface area (Å²) in [6.45, 7) is 10.5. The first-order valence-corrected chi connectivity index (χ1v) is 6.77. The lowest BCUT2D eigenvalue weighted by Gasteiger charge is -2.19. The first-order valence-electron chi connectivity index (χ1n) is 6.77. The molecule has 0 aliphatic carbocycles. The molecule has 0 aromatic heterocycles. The van der Waals surface area contributed by atoms with Gasteiger partial charge in [-0.05, 0) is 12.3 Å². The van der Waals surface area contributed by atoms with Crippen LogP contribution in [0.25, 0.3) is 0 Å². The molecule has 0 aliphatic rings. The molecule has 0 aromatic rings. The van der Waals surface area contributed by atoms with E-state index >= 15 is 0 Å². The summed E-state index contributed by atoms with van der Waals surface area (Å²) >= 11 is 0. The minimum absolute atomic E-state index is 0.0750. The van der Waals surface area contributed by atoms with E-state index in [0.29, 0.717) is 13.2 Å². The largest absolute Gasteiger partial charge is 0.380 e. The maximum absolute atomic E-state index is 11.6.